The van der Waals surface area contributed by atoms with Gasteiger partial charge >= 0.3 is 0 Å². The third kappa shape index (κ3) is 2.44. The van der Waals surface area contributed by atoms with Gasteiger partial charge in [-0.3, -0.25) is 4.79 Å². The zero-order valence-corrected chi connectivity index (χ0v) is 8.92. The van der Waals surface area contributed by atoms with Crippen LogP contribution in [0.4, 0.5) is 0 Å². The maximum Gasteiger partial charge on any atom is 0.218 e. The van der Waals surface area contributed by atoms with E-state index in [9.17, 15) is 4.79 Å². The van der Waals surface area contributed by atoms with Crippen LogP contribution < -0.4 is 5.32 Å². The second kappa shape index (κ2) is 4.57. The van der Waals surface area contributed by atoms with Crippen molar-refractivity contribution >= 4 is 5.91 Å². The smallest absolute Gasteiger partial charge is 0.218 e. The Morgan fingerprint density at radius 1 is 1.38 bits per heavy atom. The number of amides is 1. The molecule has 0 aliphatic carbocycles. The Bertz CT molecular complexity index is 478. The number of nitrogens with one attached hydrogen (secondary N) is 1. The van der Waals surface area contributed by atoms with Crippen LogP contribution in [0.2, 0.25) is 0 Å². The monoisotopic (exact) mass is 216 g/mol. The summed E-state index contributed by atoms with van der Waals surface area (Å²) in [5.41, 5.74) is 1.81. The van der Waals surface area contributed by atoms with E-state index in [0.29, 0.717) is 6.67 Å². The summed E-state index contributed by atoms with van der Waals surface area (Å²) < 4.78 is 1.59. The lowest BCUT2D eigenvalue weighted by Crippen LogP contribution is -2.23. The topological polar surface area (TPSA) is 59.8 Å². The molecule has 1 aromatic heterocycles. The van der Waals surface area contributed by atoms with E-state index in [0.717, 1.165) is 11.3 Å². The lowest BCUT2D eigenvalue weighted by Gasteiger charge is -1.99. The summed E-state index contributed by atoms with van der Waals surface area (Å²) >= 11 is 0. The van der Waals surface area contributed by atoms with E-state index in [1.165, 1.54) is 6.92 Å². The van der Waals surface area contributed by atoms with E-state index in [1.54, 1.807) is 10.9 Å². The van der Waals surface area contributed by atoms with E-state index in [4.69, 9.17) is 0 Å². The number of nitrogens with zero attached hydrogens (tertiary/aromatic N) is 3. The molecule has 0 bridgehead atoms. The molecular weight excluding hydrogens is 204 g/mol. The molecule has 5 nitrogen and oxygen atoms in total. The minimum absolute atomic E-state index is 0.0863. The molecule has 16 heavy (non-hydrogen) atoms. The summed E-state index contributed by atoms with van der Waals surface area (Å²) in [6, 6.07) is 9.77. The molecule has 0 radical (unpaired) electrons. The van der Waals surface area contributed by atoms with Crippen LogP contribution in [0.3, 0.4) is 0 Å². The first-order valence-corrected chi connectivity index (χ1v) is 4.96. The predicted molar refractivity (Wildman–Crippen MR) is 59.3 cm³/mol. The lowest BCUT2D eigenvalue weighted by molar-refractivity contribution is -0.119. The highest BCUT2D eigenvalue weighted by Gasteiger charge is 2.02. The summed E-state index contributed by atoms with van der Waals surface area (Å²) in [6.45, 7) is 1.81. The standard InChI is InChI=1S/C11H12N4O/c1-9(16)12-8-15-7-11(13-14-15)10-5-3-2-4-6-10/h2-7H,8H2,1H3,(H,12,16). The van der Waals surface area contributed by atoms with Gasteiger partial charge in [0, 0.05) is 12.5 Å². The third-order valence-electron chi connectivity index (χ3n) is 2.10. The first-order chi connectivity index (χ1) is 7.75. The molecule has 1 N–H and O–H groups in total. The van der Waals surface area contributed by atoms with Crippen LogP contribution in [0, 0.1) is 0 Å². The maximum absolute atomic E-state index is 10.7. The predicted octanol–water partition coefficient (Wildman–Crippen LogP) is 1.04. The Kier molecular flexibility index (Phi) is 2.95. The van der Waals surface area contributed by atoms with Crippen LogP contribution in [-0.2, 0) is 11.5 Å². The average molecular weight is 216 g/mol. The quantitative estimate of drug-likeness (QED) is 0.833. The average Bonchev–Trinajstić information content (AvgIpc) is 2.76. The first kappa shape index (κ1) is 10.4. The van der Waals surface area contributed by atoms with Crippen molar-refractivity contribution in [2.75, 3.05) is 0 Å². The van der Waals surface area contributed by atoms with Crippen molar-refractivity contribution in [3.05, 3.63) is 36.5 Å². The van der Waals surface area contributed by atoms with Crippen LogP contribution in [-0.4, -0.2) is 20.9 Å². The normalized spacial score (nSPS) is 10.1. The fourth-order valence-electron chi connectivity index (χ4n) is 1.31. The Balaban J connectivity index is 2.11. The number of hydrogen-bond acceptors (Lipinski definition) is 3. The molecule has 0 spiro atoms. The van der Waals surface area contributed by atoms with Gasteiger partial charge in [0.05, 0.1) is 6.20 Å². The Morgan fingerprint density at radius 2 is 2.12 bits per heavy atom. The number of hydrogen-bond donors (Lipinski definition) is 1. The van der Waals surface area contributed by atoms with E-state index in [-0.39, 0.29) is 5.91 Å². The van der Waals surface area contributed by atoms with Gasteiger partial charge in [-0.1, -0.05) is 35.5 Å². The van der Waals surface area contributed by atoms with E-state index in [2.05, 4.69) is 15.6 Å². The number of benzene rings is 1. The van der Waals surface area contributed by atoms with Crippen molar-refractivity contribution in [1.29, 1.82) is 0 Å². The van der Waals surface area contributed by atoms with Crippen molar-refractivity contribution in [3.63, 3.8) is 0 Å². The summed E-state index contributed by atoms with van der Waals surface area (Å²) in [7, 11) is 0. The van der Waals surface area contributed by atoms with Crippen molar-refractivity contribution in [1.82, 2.24) is 20.3 Å². The van der Waals surface area contributed by atoms with Crippen LogP contribution in [0.1, 0.15) is 6.92 Å². The number of carbonyl (C=O) groups is 1. The second-order valence-electron chi connectivity index (χ2n) is 3.40. The zero-order chi connectivity index (χ0) is 11.4. The number of aromatic nitrogens is 3. The third-order valence-corrected chi connectivity index (χ3v) is 2.10. The largest absolute Gasteiger partial charge is 0.337 e. The minimum atomic E-state index is -0.0863. The fourth-order valence-corrected chi connectivity index (χ4v) is 1.31. The van der Waals surface area contributed by atoms with Gasteiger partial charge in [0.15, 0.2) is 0 Å². The van der Waals surface area contributed by atoms with Gasteiger partial charge in [-0.15, -0.1) is 5.10 Å². The molecule has 0 aliphatic heterocycles. The molecule has 1 aromatic carbocycles. The van der Waals surface area contributed by atoms with Gasteiger partial charge in [0.25, 0.3) is 0 Å². The van der Waals surface area contributed by atoms with E-state index >= 15 is 0 Å². The van der Waals surface area contributed by atoms with Crippen LogP contribution in [0.15, 0.2) is 36.5 Å². The summed E-state index contributed by atoms with van der Waals surface area (Å²) in [5, 5.41) is 10.6. The SMILES string of the molecule is CC(=O)NCn1cc(-c2ccccc2)nn1. The van der Waals surface area contributed by atoms with Gasteiger partial charge in [-0.2, -0.15) is 0 Å². The molecular formula is C11H12N4O. The summed E-state index contributed by atoms with van der Waals surface area (Å²) in [6.07, 6.45) is 1.80. The zero-order valence-electron chi connectivity index (χ0n) is 8.92. The molecule has 5 heteroatoms. The van der Waals surface area contributed by atoms with Crippen molar-refractivity contribution in [2.24, 2.45) is 0 Å². The Morgan fingerprint density at radius 3 is 2.81 bits per heavy atom. The maximum atomic E-state index is 10.7. The van der Waals surface area contributed by atoms with Crippen molar-refractivity contribution in [3.8, 4) is 11.3 Å². The molecule has 0 saturated heterocycles. The fraction of sp³-hybridized carbons (Fsp3) is 0.182. The molecule has 0 saturated carbocycles. The van der Waals surface area contributed by atoms with Gasteiger partial charge in [0.1, 0.15) is 12.4 Å². The Labute approximate surface area is 93.1 Å². The molecule has 2 rings (SSSR count). The van der Waals surface area contributed by atoms with E-state index in [1.807, 2.05) is 30.3 Å². The highest BCUT2D eigenvalue weighted by Crippen LogP contribution is 2.14. The number of carbonyl (C=O) groups excluding carboxylic acids is 1. The van der Waals surface area contributed by atoms with Crippen LogP contribution in [0.5, 0.6) is 0 Å². The number of rotatable bonds is 3. The summed E-state index contributed by atoms with van der Waals surface area (Å²) in [4.78, 5) is 10.7. The molecule has 82 valence electrons. The Hall–Kier alpha value is -2.17. The molecule has 1 heterocycles. The molecule has 0 unspecified atom stereocenters. The van der Waals surface area contributed by atoms with E-state index < -0.39 is 0 Å². The molecule has 0 fully saturated rings. The minimum Gasteiger partial charge on any atom is -0.337 e. The van der Waals surface area contributed by atoms with Crippen LogP contribution >= 0.6 is 0 Å². The molecule has 1 amide bonds. The molecule has 0 aliphatic rings. The van der Waals surface area contributed by atoms with Gasteiger partial charge in [0.2, 0.25) is 5.91 Å². The molecule has 2 aromatic rings. The van der Waals surface area contributed by atoms with Gasteiger partial charge < -0.3 is 5.32 Å². The van der Waals surface area contributed by atoms with Gasteiger partial charge in [-0.05, 0) is 0 Å². The molecule has 0 atom stereocenters. The van der Waals surface area contributed by atoms with Crippen LogP contribution in [0.25, 0.3) is 11.3 Å². The summed E-state index contributed by atoms with van der Waals surface area (Å²) in [5.74, 6) is -0.0863. The van der Waals surface area contributed by atoms with Crippen molar-refractivity contribution < 1.29 is 4.79 Å². The lowest BCUT2D eigenvalue weighted by atomic mass is 10.2. The van der Waals surface area contributed by atoms with Gasteiger partial charge in [-0.25, -0.2) is 4.68 Å². The first-order valence-electron chi connectivity index (χ1n) is 4.96. The highest BCUT2D eigenvalue weighted by molar-refractivity contribution is 5.72. The second-order valence-corrected chi connectivity index (χ2v) is 3.40. The van der Waals surface area contributed by atoms with Crippen molar-refractivity contribution in [2.45, 2.75) is 13.6 Å². The highest BCUT2D eigenvalue weighted by atomic mass is 16.1.